The second-order valence-corrected chi connectivity index (χ2v) is 3.74. The van der Waals surface area contributed by atoms with Gasteiger partial charge < -0.3 is 10.1 Å². The summed E-state index contributed by atoms with van der Waals surface area (Å²) in [7, 11) is 1.58. The second-order valence-electron chi connectivity index (χ2n) is 3.74. The van der Waals surface area contributed by atoms with Crippen LogP contribution in [0.2, 0.25) is 0 Å². The Morgan fingerprint density at radius 1 is 1.56 bits per heavy atom. The van der Waals surface area contributed by atoms with E-state index in [1.54, 1.807) is 30.2 Å². The van der Waals surface area contributed by atoms with Gasteiger partial charge in [0.2, 0.25) is 5.91 Å². The summed E-state index contributed by atoms with van der Waals surface area (Å²) in [5.41, 5.74) is 0.687. The molecule has 0 atom stereocenters. The van der Waals surface area contributed by atoms with Crippen molar-refractivity contribution in [2.75, 3.05) is 32.1 Å². The van der Waals surface area contributed by atoms with E-state index in [0.29, 0.717) is 18.0 Å². The molecule has 1 N–H and O–H groups in total. The molecule has 1 rings (SSSR count). The Balaban J connectivity index is 2.56. The van der Waals surface area contributed by atoms with Crippen LogP contribution in [0.25, 0.3) is 0 Å². The molecule has 0 radical (unpaired) electrons. The number of anilines is 1. The van der Waals surface area contributed by atoms with Gasteiger partial charge >= 0.3 is 0 Å². The van der Waals surface area contributed by atoms with E-state index in [9.17, 15) is 4.79 Å². The van der Waals surface area contributed by atoms with Crippen LogP contribution in [0.15, 0.2) is 24.3 Å². The summed E-state index contributed by atoms with van der Waals surface area (Å²) in [5.74, 6) is 0.553. The molecule has 5 nitrogen and oxygen atoms in total. The van der Waals surface area contributed by atoms with Crippen molar-refractivity contribution < 1.29 is 9.53 Å². The normalized spacial score (nSPS) is 9.89. The summed E-state index contributed by atoms with van der Waals surface area (Å²) < 4.78 is 5.07. The zero-order valence-corrected chi connectivity index (χ0v) is 10.6. The van der Waals surface area contributed by atoms with Gasteiger partial charge in [-0.05, 0) is 18.7 Å². The molecule has 0 aromatic heterocycles. The highest BCUT2D eigenvalue weighted by Gasteiger charge is 2.08. The lowest BCUT2D eigenvalue weighted by molar-refractivity contribution is -0.117. The van der Waals surface area contributed by atoms with E-state index in [-0.39, 0.29) is 19.0 Å². The molecule has 18 heavy (non-hydrogen) atoms. The Morgan fingerprint density at radius 2 is 2.33 bits per heavy atom. The number of amides is 1. The molecule has 0 aliphatic heterocycles. The molecule has 0 saturated carbocycles. The number of rotatable bonds is 6. The molecule has 0 aliphatic rings. The van der Waals surface area contributed by atoms with Gasteiger partial charge in [-0.3, -0.25) is 9.69 Å². The van der Waals surface area contributed by atoms with Crippen molar-refractivity contribution in [3.63, 3.8) is 0 Å². The molecule has 0 bridgehead atoms. The lowest BCUT2D eigenvalue weighted by Gasteiger charge is -2.16. The number of ether oxygens (including phenoxy) is 1. The molecule has 0 unspecified atom stereocenters. The Hall–Kier alpha value is -2.06. The summed E-state index contributed by atoms with van der Waals surface area (Å²) in [5, 5.41) is 11.4. The van der Waals surface area contributed by atoms with Crippen LogP contribution < -0.4 is 10.1 Å². The Morgan fingerprint density at radius 3 is 2.94 bits per heavy atom. The largest absolute Gasteiger partial charge is 0.497 e. The number of carbonyl (C=O) groups is 1. The van der Waals surface area contributed by atoms with Gasteiger partial charge in [0.15, 0.2) is 0 Å². The maximum Gasteiger partial charge on any atom is 0.238 e. The summed E-state index contributed by atoms with van der Waals surface area (Å²) >= 11 is 0. The molecule has 0 spiro atoms. The highest BCUT2D eigenvalue weighted by atomic mass is 16.5. The summed E-state index contributed by atoms with van der Waals surface area (Å²) in [6.07, 6.45) is 0. The van der Waals surface area contributed by atoms with Crippen molar-refractivity contribution in [3.8, 4) is 11.8 Å². The van der Waals surface area contributed by atoms with Crippen molar-refractivity contribution in [3.05, 3.63) is 24.3 Å². The lowest BCUT2D eigenvalue weighted by atomic mass is 10.3. The fourth-order valence-corrected chi connectivity index (χ4v) is 1.48. The maximum atomic E-state index is 11.8. The SMILES string of the molecule is CCN(CC#N)CC(=O)Nc1cccc(OC)c1. The number of methoxy groups -OCH3 is 1. The summed E-state index contributed by atoms with van der Waals surface area (Å²) in [6, 6.07) is 9.19. The van der Waals surface area contributed by atoms with E-state index in [4.69, 9.17) is 10.00 Å². The van der Waals surface area contributed by atoms with E-state index >= 15 is 0 Å². The van der Waals surface area contributed by atoms with Crippen LogP contribution in [-0.2, 0) is 4.79 Å². The fourth-order valence-electron chi connectivity index (χ4n) is 1.48. The van der Waals surface area contributed by atoms with Crippen molar-refractivity contribution in [2.45, 2.75) is 6.92 Å². The standard InChI is InChI=1S/C13H17N3O2/c1-3-16(8-7-14)10-13(17)15-11-5-4-6-12(9-11)18-2/h4-6,9H,3,8,10H2,1-2H3,(H,15,17). The van der Waals surface area contributed by atoms with Crippen LogP contribution in [-0.4, -0.2) is 37.6 Å². The van der Waals surface area contributed by atoms with Gasteiger partial charge in [0, 0.05) is 11.8 Å². The molecule has 0 aliphatic carbocycles. The van der Waals surface area contributed by atoms with E-state index in [2.05, 4.69) is 5.32 Å². The van der Waals surface area contributed by atoms with Gasteiger partial charge in [0.25, 0.3) is 0 Å². The van der Waals surface area contributed by atoms with Crippen molar-refractivity contribution in [1.82, 2.24) is 4.90 Å². The van der Waals surface area contributed by atoms with Gasteiger partial charge in [-0.1, -0.05) is 13.0 Å². The van der Waals surface area contributed by atoms with Gasteiger partial charge in [-0.25, -0.2) is 0 Å². The van der Waals surface area contributed by atoms with E-state index in [1.165, 1.54) is 0 Å². The third kappa shape index (κ3) is 4.44. The summed E-state index contributed by atoms with van der Waals surface area (Å²) in [4.78, 5) is 13.5. The molecule has 1 aromatic rings. The first-order valence-corrected chi connectivity index (χ1v) is 5.72. The van der Waals surface area contributed by atoms with E-state index in [0.717, 1.165) is 0 Å². The summed E-state index contributed by atoms with van der Waals surface area (Å²) in [6.45, 7) is 3.04. The van der Waals surface area contributed by atoms with Gasteiger partial charge in [-0.2, -0.15) is 5.26 Å². The van der Waals surface area contributed by atoms with Crippen LogP contribution in [0.5, 0.6) is 5.75 Å². The maximum absolute atomic E-state index is 11.8. The number of benzene rings is 1. The number of nitrogens with zero attached hydrogens (tertiary/aromatic N) is 2. The number of nitriles is 1. The number of hydrogen-bond acceptors (Lipinski definition) is 4. The average Bonchev–Trinajstić information content (AvgIpc) is 2.38. The first-order valence-electron chi connectivity index (χ1n) is 5.72. The molecular formula is C13H17N3O2. The second kappa shape index (κ2) is 7.30. The molecule has 5 heteroatoms. The molecule has 96 valence electrons. The zero-order chi connectivity index (χ0) is 13.4. The topological polar surface area (TPSA) is 65.4 Å². The number of hydrogen-bond donors (Lipinski definition) is 1. The first-order chi connectivity index (χ1) is 8.69. The highest BCUT2D eigenvalue weighted by molar-refractivity contribution is 5.92. The molecule has 0 fully saturated rings. The van der Waals surface area contributed by atoms with E-state index < -0.39 is 0 Å². The minimum absolute atomic E-state index is 0.139. The van der Waals surface area contributed by atoms with Gasteiger partial charge in [-0.15, -0.1) is 0 Å². The molecular weight excluding hydrogens is 230 g/mol. The monoisotopic (exact) mass is 247 g/mol. The zero-order valence-electron chi connectivity index (χ0n) is 10.6. The molecule has 0 heterocycles. The number of likely N-dealkylation sites (N-methyl/N-ethyl adjacent to an activating group) is 1. The van der Waals surface area contributed by atoms with Gasteiger partial charge in [0.05, 0.1) is 26.3 Å². The molecule has 1 amide bonds. The predicted molar refractivity (Wildman–Crippen MR) is 69.4 cm³/mol. The van der Waals surface area contributed by atoms with Crippen LogP contribution in [0.1, 0.15) is 6.92 Å². The average molecular weight is 247 g/mol. The van der Waals surface area contributed by atoms with Crippen LogP contribution in [0.3, 0.4) is 0 Å². The van der Waals surface area contributed by atoms with Crippen molar-refractivity contribution >= 4 is 11.6 Å². The highest BCUT2D eigenvalue weighted by Crippen LogP contribution is 2.16. The van der Waals surface area contributed by atoms with Crippen LogP contribution in [0.4, 0.5) is 5.69 Å². The minimum Gasteiger partial charge on any atom is -0.497 e. The van der Waals surface area contributed by atoms with Crippen molar-refractivity contribution in [1.29, 1.82) is 5.26 Å². The number of nitrogens with one attached hydrogen (secondary N) is 1. The Kier molecular flexibility index (Phi) is 5.68. The Bertz CT molecular complexity index is 440. The number of carbonyl (C=O) groups excluding carboxylic acids is 1. The quantitative estimate of drug-likeness (QED) is 0.773. The Labute approximate surface area is 107 Å². The lowest BCUT2D eigenvalue weighted by Crippen LogP contribution is -2.33. The third-order valence-electron chi connectivity index (χ3n) is 2.46. The third-order valence-corrected chi connectivity index (χ3v) is 2.46. The van der Waals surface area contributed by atoms with Crippen LogP contribution in [0, 0.1) is 11.3 Å². The predicted octanol–water partition coefficient (Wildman–Crippen LogP) is 1.48. The van der Waals surface area contributed by atoms with Crippen molar-refractivity contribution in [2.24, 2.45) is 0 Å². The molecule has 0 saturated heterocycles. The first kappa shape index (κ1) is 14.0. The smallest absolute Gasteiger partial charge is 0.238 e. The minimum atomic E-state index is -0.139. The fraction of sp³-hybridized carbons (Fsp3) is 0.385. The van der Waals surface area contributed by atoms with E-state index in [1.807, 2.05) is 19.1 Å². The van der Waals surface area contributed by atoms with Gasteiger partial charge in [0.1, 0.15) is 5.75 Å². The van der Waals surface area contributed by atoms with Crippen LogP contribution >= 0.6 is 0 Å². The molecule has 1 aromatic carbocycles.